The van der Waals surface area contributed by atoms with E-state index in [1.165, 1.54) is 0 Å². The summed E-state index contributed by atoms with van der Waals surface area (Å²) in [4.78, 5) is 0. The molecule has 0 aromatic heterocycles. The summed E-state index contributed by atoms with van der Waals surface area (Å²) >= 11 is 0. The van der Waals surface area contributed by atoms with Crippen LogP contribution in [-0.4, -0.2) is 23.2 Å². The van der Waals surface area contributed by atoms with Crippen LogP contribution in [0.15, 0.2) is 0 Å². The van der Waals surface area contributed by atoms with Crippen molar-refractivity contribution in [1.29, 1.82) is 0 Å². The quantitative estimate of drug-likeness (QED) is 0.358. The van der Waals surface area contributed by atoms with Crippen molar-refractivity contribution in [3.8, 4) is 0 Å². The SMILES string of the molecule is CC(O)CN.[K+].[OH-]. The third-order valence-corrected chi connectivity index (χ3v) is 0.341. The number of aliphatic hydroxyl groups is 1. The smallest absolute Gasteiger partial charge is 0.870 e. The van der Waals surface area contributed by atoms with E-state index >= 15 is 0 Å². The summed E-state index contributed by atoms with van der Waals surface area (Å²) in [7, 11) is 0. The van der Waals surface area contributed by atoms with Crippen LogP contribution in [0.4, 0.5) is 0 Å². The molecule has 0 aromatic carbocycles. The molecule has 0 fully saturated rings. The van der Waals surface area contributed by atoms with Crippen LogP contribution in [-0.2, 0) is 0 Å². The summed E-state index contributed by atoms with van der Waals surface area (Å²) in [6.07, 6.45) is -0.338. The van der Waals surface area contributed by atoms with Gasteiger partial charge in [-0.05, 0) is 6.92 Å². The van der Waals surface area contributed by atoms with Crippen molar-refractivity contribution in [3.05, 3.63) is 0 Å². The van der Waals surface area contributed by atoms with Crippen LogP contribution in [0.2, 0.25) is 0 Å². The standard InChI is InChI=1S/C3H9NO.K.H2O/c1-3(5)2-4;;/h3,5H,2,4H2,1H3;;1H2/q;+1;/p-1. The maximum Gasteiger partial charge on any atom is 1.00 e. The van der Waals surface area contributed by atoms with Crippen LogP contribution in [0.3, 0.4) is 0 Å². The van der Waals surface area contributed by atoms with Crippen molar-refractivity contribution < 1.29 is 62.0 Å². The van der Waals surface area contributed by atoms with Gasteiger partial charge >= 0.3 is 51.4 Å². The Kier molecular flexibility index (Phi) is 23.7. The minimum absolute atomic E-state index is 0. The van der Waals surface area contributed by atoms with Crippen LogP contribution in [0.25, 0.3) is 0 Å². The summed E-state index contributed by atoms with van der Waals surface area (Å²) in [5.74, 6) is 0. The third kappa shape index (κ3) is 18.5. The molecule has 1 atom stereocenters. The zero-order valence-electron chi connectivity index (χ0n) is 4.76. The Bertz CT molecular complexity index is 26.9. The van der Waals surface area contributed by atoms with Gasteiger partial charge in [0.1, 0.15) is 0 Å². The van der Waals surface area contributed by atoms with E-state index in [1.54, 1.807) is 6.92 Å². The van der Waals surface area contributed by atoms with Gasteiger partial charge in [0.25, 0.3) is 0 Å². The zero-order valence-corrected chi connectivity index (χ0v) is 7.88. The fourth-order valence-electron chi connectivity index (χ4n) is 0. The average molecular weight is 131 g/mol. The first kappa shape index (κ1) is 15.8. The van der Waals surface area contributed by atoms with E-state index in [2.05, 4.69) is 0 Å². The second-order valence-electron chi connectivity index (χ2n) is 1.08. The molecule has 0 aromatic rings. The van der Waals surface area contributed by atoms with E-state index in [9.17, 15) is 0 Å². The Hall–Kier alpha value is 1.52. The monoisotopic (exact) mass is 131 g/mol. The molecule has 4 N–H and O–H groups in total. The van der Waals surface area contributed by atoms with Crippen molar-refractivity contribution >= 4 is 0 Å². The molecule has 0 amide bonds. The van der Waals surface area contributed by atoms with E-state index in [4.69, 9.17) is 10.8 Å². The Balaban J connectivity index is -0.0000000800. The van der Waals surface area contributed by atoms with Crippen LogP contribution >= 0.6 is 0 Å². The van der Waals surface area contributed by atoms with Crippen molar-refractivity contribution in [2.24, 2.45) is 5.73 Å². The van der Waals surface area contributed by atoms with Crippen molar-refractivity contribution in [2.45, 2.75) is 13.0 Å². The van der Waals surface area contributed by atoms with Gasteiger partial charge in [0.15, 0.2) is 0 Å². The fraction of sp³-hybridized carbons (Fsp3) is 1.00. The second-order valence-corrected chi connectivity index (χ2v) is 1.08. The topological polar surface area (TPSA) is 76.2 Å². The van der Waals surface area contributed by atoms with Crippen molar-refractivity contribution in [3.63, 3.8) is 0 Å². The van der Waals surface area contributed by atoms with Crippen LogP contribution < -0.4 is 57.1 Å². The first-order valence-electron chi connectivity index (χ1n) is 1.65. The molecule has 0 aliphatic carbocycles. The van der Waals surface area contributed by atoms with Gasteiger partial charge in [-0.3, -0.25) is 0 Å². The number of rotatable bonds is 1. The molecule has 0 aliphatic heterocycles. The predicted molar refractivity (Wildman–Crippen MR) is 22.7 cm³/mol. The van der Waals surface area contributed by atoms with Crippen molar-refractivity contribution in [2.75, 3.05) is 6.54 Å². The van der Waals surface area contributed by atoms with Crippen LogP contribution in [0.5, 0.6) is 0 Å². The predicted octanol–water partition coefficient (Wildman–Crippen LogP) is -3.85. The molecule has 0 saturated carbocycles. The number of hydrogen-bond donors (Lipinski definition) is 2. The van der Waals surface area contributed by atoms with Crippen molar-refractivity contribution in [1.82, 2.24) is 0 Å². The van der Waals surface area contributed by atoms with Gasteiger partial charge in [0.05, 0.1) is 6.10 Å². The molecule has 3 nitrogen and oxygen atoms in total. The Morgan fingerprint density at radius 3 is 1.86 bits per heavy atom. The van der Waals surface area contributed by atoms with E-state index in [0.29, 0.717) is 6.54 Å². The maximum absolute atomic E-state index is 8.24. The van der Waals surface area contributed by atoms with Gasteiger partial charge in [0.2, 0.25) is 0 Å². The van der Waals surface area contributed by atoms with Gasteiger partial charge in [-0.1, -0.05) is 0 Å². The number of nitrogens with two attached hydrogens (primary N) is 1. The summed E-state index contributed by atoms with van der Waals surface area (Å²) in [5.41, 5.74) is 4.92. The molecule has 40 valence electrons. The van der Waals surface area contributed by atoms with E-state index in [1.807, 2.05) is 0 Å². The molecule has 0 bridgehead atoms. The molecule has 0 heterocycles. The molecule has 0 radical (unpaired) electrons. The van der Waals surface area contributed by atoms with Gasteiger partial charge in [-0.25, -0.2) is 0 Å². The third-order valence-electron chi connectivity index (χ3n) is 0.341. The van der Waals surface area contributed by atoms with Gasteiger partial charge in [-0.2, -0.15) is 0 Å². The first-order chi connectivity index (χ1) is 2.27. The second kappa shape index (κ2) is 10.5. The van der Waals surface area contributed by atoms with E-state index in [0.717, 1.165) is 0 Å². The summed E-state index contributed by atoms with van der Waals surface area (Å²) in [6.45, 7) is 2.01. The normalized spacial score (nSPS) is 10.7. The van der Waals surface area contributed by atoms with Gasteiger partial charge in [0, 0.05) is 6.54 Å². The van der Waals surface area contributed by atoms with Gasteiger partial charge in [-0.15, -0.1) is 0 Å². The average Bonchev–Trinajstić information content (AvgIpc) is 1.38. The first-order valence-corrected chi connectivity index (χ1v) is 1.65. The molecular weight excluding hydrogens is 121 g/mol. The molecule has 1 unspecified atom stereocenters. The number of aliphatic hydroxyl groups excluding tert-OH is 1. The van der Waals surface area contributed by atoms with Crippen LogP contribution in [0, 0.1) is 0 Å². The maximum atomic E-state index is 8.24. The molecule has 0 saturated heterocycles. The molecule has 4 heteroatoms. The molecule has 0 rings (SSSR count). The summed E-state index contributed by atoms with van der Waals surface area (Å²) < 4.78 is 0. The minimum atomic E-state index is -0.338. The molecule has 7 heavy (non-hydrogen) atoms. The van der Waals surface area contributed by atoms with Gasteiger partial charge < -0.3 is 16.3 Å². The molecule has 0 spiro atoms. The Morgan fingerprint density at radius 2 is 1.86 bits per heavy atom. The number of hydrogen-bond acceptors (Lipinski definition) is 3. The zero-order chi connectivity index (χ0) is 4.28. The largest absolute Gasteiger partial charge is 1.00 e. The molecular formula is C3H10KNO2. The summed E-state index contributed by atoms with van der Waals surface area (Å²) in [6, 6.07) is 0. The Morgan fingerprint density at radius 1 is 1.71 bits per heavy atom. The van der Waals surface area contributed by atoms with Crippen LogP contribution in [0.1, 0.15) is 6.92 Å². The summed E-state index contributed by atoms with van der Waals surface area (Å²) in [5, 5.41) is 8.24. The van der Waals surface area contributed by atoms with E-state index in [-0.39, 0.29) is 63.0 Å². The van der Waals surface area contributed by atoms with E-state index < -0.39 is 0 Å². The fourth-order valence-corrected chi connectivity index (χ4v) is 0. The minimum Gasteiger partial charge on any atom is -0.870 e. The Labute approximate surface area is 86.0 Å². The molecule has 0 aliphatic rings.